The van der Waals surface area contributed by atoms with Gasteiger partial charge >= 0.3 is 17.6 Å². The number of ether oxygens (including phenoxy) is 1. The molecule has 1 aliphatic heterocycles. The zero-order valence-electron chi connectivity index (χ0n) is 17.1. The van der Waals surface area contributed by atoms with Crippen LogP contribution in [0.25, 0.3) is 11.0 Å². The third-order valence-electron chi connectivity index (χ3n) is 6.15. The number of imide groups is 1. The predicted molar refractivity (Wildman–Crippen MR) is 108 cm³/mol. The number of hydrogen-bond donors (Lipinski definition) is 1. The van der Waals surface area contributed by atoms with E-state index in [2.05, 4.69) is 5.32 Å². The molecule has 2 heterocycles. The van der Waals surface area contributed by atoms with Crippen LogP contribution in [0.5, 0.6) is 0 Å². The molecule has 30 heavy (non-hydrogen) atoms. The average Bonchev–Trinajstić information content (AvgIpc) is 3.27. The van der Waals surface area contributed by atoms with Crippen molar-refractivity contribution in [3.63, 3.8) is 0 Å². The van der Waals surface area contributed by atoms with Crippen molar-refractivity contribution in [3.05, 3.63) is 45.3 Å². The van der Waals surface area contributed by atoms with Gasteiger partial charge in [-0.25, -0.2) is 9.59 Å². The lowest BCUT2D eigenvalue weighted by Gasteiger charge is -2.19. The van der Waals surface area contributed by atoms with Gasteiger partial charge in [0.1, 0.15) is 17.7 Å². The molecule has 1 aromatic carbocycles. The molecule has 4 rings (SSSR count). The lowest BCUT2D eigenvalue weighted by Crippen LogP contribution is -2.44. The van der Waals surface area contributed by atoms with Crippen molar-refractivity contribution < 1.29 is 23.5 Å². The van der Waals surface area contributed by atoms with Crippen molar-refractivity contribution in [1.82, 2.24) is 10.2 Å². The van der Waals surface area contributed by atoms with E-state index in [4.69, 9.17) is 9.15 Å². The van der Waals surface area contributed by atoms with E-state index < -0.39 is 23.2 Å². The van der Waals surface area contributed by atoms with E-state index >= 15 is 0 Å². The molecule has 1 spiro atoms. The monoisotopic (exact) mass is 412 g/mol. The van der Waals surface area contributed by atoms with Crippen molar-refractivity contribution in [2.45, 2.75) is 58.1 Å². The number of rotatable bonds is 5. The Labute approximate surface area is 173 Å². The zero-order chi connectivity index (χ0) is 21.5. The molecular formula is C22H24N2O6. The molecule has 2 aliphatic rings. The van der Waals surface area contributed by atoms with Crippen molar-refractivity contribution in [2.75, 3.05) is 6.54 Å². The third-order valence-corrected chi connectivity index (χ3v) is 6.15. The van der Waals surface area contributed by atoms with Crippen LogP contribution in [-0.4, -0.2) is 34.9 Å². The fourth-order valence-electron chi connectivity index (χ4n) is 4.27. The molecule has 158 valence electrons. The van der Waals surface area contributed by atoms with Gasteiger partial charge in [0.25, 0.3) is 5.91 Å². The summed E-state index contributed by atoms with van der Waals surface area (Å²) >= 11 is 0. The third kappa shape index (κ3) is 3.46. The minimum absolute atomic E-state index is 0.0266. The van der Waals surface area contributed by atoms with E-state index in [9.17, 15) is 19.2 Å². The molecule has 2 aromatic rings. The summed E-state index contributed by atoms with van der Waals surface area (Å²) in [5.74, 6) is -0.802. The second-order valence-corrected chi connectivity index (χ2v) is 8.06. The normalized spacial score (nSPS) is 17.7. The highest BCUT2D eigenvalue weighted by molar-refractivity contribution is 6.07. The largest absolute Gasteiger partial charge is 0.461 e. The van der Waals surface area contributed by atoms with Crippen LogP contribution in [0.3, 0.4) is 0 Å². The lowest BCUT2D eigenvalue weighted by molar-refractivity contribution is -0.145. The number of carbonyl (C=O) groups excluding carboxylic acids is 3. The highest BCUT2D eigenvalue weighted by Crippen LogP contribution is 2.35. The van der Waals surface area contributed by atoms with Gasteiger partial charge in [-0.2, -0.15) is 0 Å². The first-order valence-corrected chi connectivity index (χ1v) is 10.1. The van der Waals surface area contributed by atoms with Crippen LogP contribution in [0.1, 0.15) is 48.8 Å². The first-order valence-electron chi connectivity index (χ1n) is 10.1. The summed E-state index contributed by atoms with van der Waals surface area (Å²) in [6.07, 6.45) is 2.98. The molecule has 3 amide bonds. The number of aryl methyl sites for hydroxylation is 2. The number of nitrogens with zero attached hydrogens (tertiary/aromatic N) is 1. The minimum atomic E-state index is -0.784. The first kappa shape index (κ1) is 20.1. The van der Waals surface area contributed by atoms with Crippen LogP contribution < -0.4 is 10.9 Å². The van der Waals surface area contributed by atoms with E-state index in [1.807, 2.05) is 26.0 Å². The van der Waals surface area contributed by atoms with Crippen molar-refractivity contribution in [2.24, 2.45) is 0 Å². The average molecular weight is 412 g/mol. The van der Waals surface area contributed by atoms with Crippen LogP contribution in [-0.2, 0) is 20.9 Å². The maximum atomic E-state index is 12.6. The summed E-state index contributed by atoms with van der Waals surface area (Å²) in [4.78, 5) is 50.1. The number of esters is 1. The summed E-state index contributed by atoms with van der Waals surface area (Å²) in [5, 5.41) is 3.50. The summed E-state index contributed by atoms with van der Waals surface area (Å²) in [5.41, 5.74) is 1.59. The molecule has 2 fully saturated rings. The Kier molecular flexibility index (Phi) is 5.09. The van der Waals surface area contributed by atoms with Gasteiger partial charge in [-0.15, -0.1) is 0 Å². The number of nitrogens with one attached hydrogen (secondary N) is 1. The zero-order valence-corrected chi connectivity index (χ0v) is 17.1. The Morgan fingerprint density at radius 3 is 2.67 bits per heavy atom. The summed E-state index contributed by atoms with van der Waals surface area (Å²) in [6, 6.07) is 4.61. The summed E-state index contributed by atoms with van der Waals surface area (Å²) in [6.45, 7) is 3.67. The number of urea groups is 1. The maximum absolute atomic E-state index is 12.6. The minimum Gasteiger partial charge on any atom is -0.461 e. The van der Waals surface area contributed by atoms with Crippen molar-refractivity contribution >= 4 is 28.9 Å². The number of carbonyl (C=O) groups is 3. The molecule has 1 saturated carbocycles. The van der Waals surface area contributed by atoms with E-state index in [0.29, 0.717) is 29.4 Å². The second kappa shape index (κ2) is 7.59. The molecule has 8 nitrogen and oxygen atoms in total. The molecule has 0 radical (unpaired) electrons. The number of benzene rings is 1. The fraction of sp³-hybridized carbons (Fsp3) is 0.455. The number of fused-ring (bicyclic) bond motifs is 1. The highest BCUT2D eigenvalue weighted by Gasteiger charge is 2.52. The molecule has 1 aromatic heterocycles. The van der Waals surface area contributed by atoms with Gasteiger partial charge in [0.2, 0.25) is 0 Å². The van der Waals surface area contributed by atoms with E-state index in [1.165, 1.54) is 6.07 Å². The Hall–Kier alpha value is -3.16. The Bertz CT molecular complexity index is 1100. The van der Waals surface area contributed by atoms with Gasteiger partial charge in [0.15, 0.2) is 0 Å². The molecule has 0 bridgehead atoms. The van der Waals surface area contributed by atoms with E-state index in [1.54, 1.807) is 0 Å². The van der Waals surface area contributed by atoms with Crippen LogP contribution in [0.15, 0.2) is 27.4 Å². The smallest absolute Gasteiger partial charge is 0.336 e. The van der Waals surface area contributed by atoms with E-state index in [-0.39, 0.29) is 25.5 Å². The standard InChI is InChI=1S/C22H24N2O6/c1-13-5-6-16-15(11-18(26)30-19(16)14(13)2)12-29-17(25)7-10-24-20(27)22(23-21(24)28)8-3-4-9-22/h5-6,11H,3-4,7-10,12H2,1-2H3,(H,23,28). The summed E-state index contributed by atoms with van der Waals surface area (Å²) < 4.78 is 10.6. The van der Waals surface area contributed by atoms with Gasteiger partial charge in [-0.3, -0.25) is 14.5 Å². The van der Waals surface area contributed by atoms with Crippen LogP contribution in [0.4, 0.5) is 4.79 Å². The van der Waals surface area contributed by atoms with Crippen LogP contribution in [0, 0.1) is 13.8 Å². The van der Waals surface area contributed by atoms with Crippen molar-refractivity contribution in [1.29, 1.82) is 0 Å². The maximum Gasteiger partial charge on any atom is 0.336 e. The molecule has 1 aliphatic carbocycles. The quantitative estimate of drug-likeness (QED) is 0.460. The van der Waals surface area contributed by atoms with Crippen LogP contribution in [0.2, 0.25) is 0 Å². The van der Waals surface area contributed by atoms with E-state index in [0.717, 1.165) is 28.9 Å². The molecule has 1 N–H and O–H groups in total. The molecular weight excluding hydrogens is 388 g/mol. The van der Waals surface area contributed by atoms with Crippen molar-refractivity contribution in [3.8, 4) is 0 Å². The number of amides is 3. The lowest BCUT2D eigenvalue weighted by atomic mass is 9.98. The Morgan fingerprint density at radius 1 is 1.20 bits per heavy atom. The molecule has 8 heteroatoms. The Morgan fingerprint density at radius 2 is 1.93 bits per heavy atom. The number of hydrogen-bond acceptors (Lipinski definition) is 6. The molecule has 0 atom stereocenters. The van der Waals surface area contributed by atoms with Gasteiger partial charge < -0.3 is 14.5 Å². The molecule has 1 saturated heterocycles. The first-order chi connectivity index (χ1) is 14.3. The fourth-order valence-corrected chi connectivity index (χ4v) is 4.27. The Balaban J connectivity index is 1.40. The van der Waals surface area contributed by atoms with Gasteiger partial charge in [0.05, 0.1) is 6.42 Å². The predicted octanol–water partition coefficient (Wildman–Crippen LogP) is 2.71. The summed E-state index contributed by atoms with van der Waals surface area (Å²) in [7, 11) is 0. The highest BCUT2D eigenvalue weighted by atomic mass is 16.5. The second-order valence-electron chi connectivity index (χ2n) is 8.06. The van der Waals surface area contributed by atoms with Gasteiger partial charge in [-0.05, 0) is 37.8 Å². The SMILES string of the molecule is Cc1ccc2c(COC(=O)CCN3C(=O)NC4(CCCC4)C3=O)cc(=O)oc2c1C. The topological polar surface area (TPSA) is 106 Å². The molecule has 0 unspecified atom stereocenters. The van der Waals surface area contributed by atoms with Gasteiger partial charge in [0, 0.05) is 23.6 Å². The van der Waals surface area contributed by atoms with Crippen LogP contribution >= 0.6 is 0 Å². The van der Waals surface area contributed by atoms with Gasteiger partial charge in [-0.1, -0.05) is 25.0 Å².